The first-order chi connectivity index (χ1) is 11.6. The van der Waals surface area contributed by atoms with Gasteiger partial charge in [0.1, 0.15) is 11.3 Å². The molecule has 3 aromatic rings. The van der Waals surface area contributed by atoms with Crippen molar-refractivity contribution in [1.29, 1.82) is 0 Å². The molecule has 0 atom stereocenters. The van der Waals surface area contributed by atoms with E-state index in [0.717, 1.165) is 5.76 Å². The Labute approximate surface area is 148 Å². The van der Waals surface area contributed by atoms with E-state index in [1.807, 2.05) is 6.07 Å². The van der Waals surface area contributed by atoms with Crippen LogP contribution in [-0.4, -0.2) is 17.6 Å². The summed E-state index contributed by atoms with van der Waals surface area (Å²) >= 11 is 12.3. The van der Waals surface area contributed by atoms with E-state index < -0.39 is 5.97 Å². The summed E-state index contributed by atoms with van der Waals surface area (Å²) in [5.74, 6) is 0.257. The Hall–Kier alpha value is -2.24. The van der Waals surface area contributed by atoms with Crippen LogP contribution in [0.3, 0.4) is 0 Å². The zero-order valence-corrected chi connectivity index (χ0v) is 14.3. The number of hydrogen-bond donors (Lipinski definition) is 1. The predicted molar refractivity (Wildman–Crippen MR) is 93.8 cm³/mol. The molecule has 5 nitrogen and oxygen atoms in total. The fraction of sp³-hybridized carbons (Fsp3) is 0.176. The van der Waals surface area contributed by atoms with Crippen molar-refractivity contribution in [3.8, 4) is 0 Å². The van der Waals surface area contributed by atoms with E-state index in [4.69, 9.17) is 32.4 Å². The normalized spacial score (nSPS) is 10.8. The number of esters is 1. The van der Waals surface area contributed by atoms with Crippen LogP contribution in [0.5, 0.6) is 0 Å². The second-order valence-corrected chi connectivity index (χ2v) is 5.83. The summed E-state index contributed by atoms with van der Waals surface area (Å²) in [7, 11) is 0. The molecule has 2 aromatic heterocycles. The van der Waals surface area contributed by atoms with Gasteiger partial charge in [-0.1, -0.05) is 23.2 Å². The summed E-state index contributed by atoms with van der Waals surface area (Å²) in [5.41, 5.74) is 1.42. The van der Waals surface area contributed by atoms with Crippen molar-refractivity contribution in [2.75, 3.05) is 11.9 Å². The second kappa shape index (κ2) is 7.11. The van der Waals surface area contributed by atoms with Crippen molar-refractivity contribution >= 4 is 45.8 Å². The van der Waals surface area contributed by atoms with E-state index in [1.54, 1.807) is 31.4 Å². The predicted octanol–water partition coefficient (Wildman–Crippen LogP) is 4.92. The lowest BCUT2D eigenvalue weighted by Gasteiger charge is -2.14. The maximum Gasteiger partial charge on any atom is 0.341 e. The number of fused-ring (bicyclic) bond motifs is 1. The molecule has 0 amide bonds. The second-order valence-electron chi connectivity index (χ2n) is 4.98. The van der Waals surface area contributed by atoms with Crippen molar-refractivity contribution in [2.24, 2.45) is 0 Å². The maximum atomic E-state index is 12.2. The standard InChI is InChI=1S/C17H14Cl2N2O3/c1-2-23-17(22)13-9-21-16-12(6-10(18)7-14(16)19)15(13)20-8-11-4-3-5-24-11/h3-7,9H,2,8H2,1H3,(H,20,21). The average molecular weight is 365 g/mol. The smallest absolute Gasteiger partial charge is 0.341 e. The lowest BCUT2D eigenvalue weighted by molar-refractivity contribution is 0.0527. The first-order valence-electron chi connectivity index (χ1n) is 7.31. The van der Waals surface area contributed by atoms with Gasteiger partial charge in [0, 0.05) is 16.6 Å². The van der Waals surface area contributed by atoms with Crippen LogP contribution in [0.4, 0.5) is 5.69 Å². The van der Waals surface area contributed by atoms with Crippen LogP contribution in [0.15, 0.2) is 41.1 Å². The number of nitrogens with one attached hydrogen (secondary N) is 1. The molecule has 0 radical (unpaired) electrons. The number of furan rings is 1. The van der Waals surface area contributed by atoms with Gasteiger partial charge in [0.05, 0.1) is 35.6 Å². The van der Waals surface area contributed by atoms with Gasteiger partial charge < -0.3 is 14.5 Å². The fourth-order valence-corrected chi connectivity index (χ4v) is 2.91. The topological polar surface area (TPSA) is 64.4 Å². The largest absolute Gasteiger partial charge is 0.467 e. The number of hydrogen-bond acceptors (Lipinski definition) is 5. The van der Waals surface area contributed by atoms with Crippen LogP contribution in [-0.2, 0) is 11.3 Å². The van der Waals surface area contributed by atoms with Crippen molar-refractivity contribution in [2.45, 2.75) is 13.5 Å². The fourth-order valence-electron chi connectivity index (χ4n) is 2.37. The number of carbonyl (C=O) groups excluding carboxylic acids is 1. The molecular formula is C17H14Cl2N2O3. The number of carbonyl (C=O) groups is 1. The Bertz CT molecular complexity index is 879. The third-order valence-corrected chi connectivity index (χ3v) is 3.91. The molecule has 7 heteroatoms. The van der Waals surface area contributed by atoms with Crippen LogP contribution < -0.4 is 5.32 Å². The Morgan fingerprint density at radius 3 is 2.92 bits per heavy atom. The van der Waals surface area contributed by atoms with Crippen molar-refractivity contribution in [3.63, 3.8) is 0 Å². The highest BCUT2D eigenvalue weighted by Crippen LogP contribution is 2.34. The molecule has 1 aromatic carbocycles. The molecule has 24 heavy (non-hydrogen) atoms. The van der Waals surface area contributed by atoms with Crippen LogP contribution in [0.25, 0.3) is 10.9 Å². The van der Waals surface area contributed by atoms with Gasteiger partial charge in [-0.15, -0.1) is 0 Å². The third kappa shape index (κ3) is 3.32. The number of pyridine rings is 1. The van der Waals surface area contributed by atoms with Gasteiger partial charge in [0.15, 0.2) is 0 Å². The molecule has 0 saturated carbocycles. The molecule has 0 aliphatic heterocycles. The lowest BCUT2D eigenvalue weighted by atomic mass is 10.1. The minimum atomic E-state index is -0.468. The van der Waals surface area contributed by atoms with Gasteiger partial charge in [-0.25, -0.2) is 4.79 Å². The van der Waals surface area contributed by atoms with Crippen molar-refractivity contribution < 1.29 is 13.9 Å². The molecule has 1 N–H and O–H groups in total. The van der Waals surface area contributed by atoms with Gasteiger partial charge >= 0.3 is 5.97 Å². The zero-order chi connectivity index (χ0) is 17.1. The molecule has 3 rings (SSSR count). The molecule has 0 bridgehead atoms. The molecule has 0 aliphatic carbocycles. The SMILES string of the molecule is CCOC(=O)c1cnc2c(Cl)cc(Cl)cc2c1NCc1ccco1. The summed E-state index contributed by atoms with van der Waals surface area (Å²) in [4.78, 5) is 16.5. The lowest BCUT2D eigenvalue weighted by Crippen LogP contribution is -2.11. The Morgan fingerprint density at radius 2 is 2.21 bits per heavy atom. The van der Waals surface area contributed by atoms with Crippen LogP contribution >= 0.6 is 23.2 Å². The first kappa shape index (κ1) is 16.6. The number of benzene rings is 1. The molecule has 0 saturated heterocycles. The minimum Gasteiger partial charge on any atom is -0.467 e. The monoisotopic (exact) mass is 364 g/mol. The molecule has 0 spiro atoms. The quantitative estimate of drug-likeness (QED) is 0.650. The van der Waals surface area contributed by atoms with E-state index in [-0.39, 0.29) is 6.61 Å². The number of aromatic nitrogens is 1. The molecule has 2 heterocycles. The molecule has 0 aliphatic rings. The summed E-state index contributed by atoms with van der Waals surface area (Å²) in [6.07, 6.45) is 3.03. The van der Waals surface area contributed by atoms with Gasteiger partial charge in [-0.3, -0.25) is 4.98 Å². The summed E-state index contributed by atoms with van der Waals surface area (Å²) in [6, 6.07) is 6.95. The van der Waals surface area contributed by atoms with Crippen LogP contribution in [0, 0.1) is 0 Å². The average Bonchev–Trinajstić information content (AvgIpc) is 3.06. The van der Waals surface area contributed by atoms with Gasteiger partial charge in [-0.05, 0) is 31.2 Å². The third-order valence-electron chi connectivity index (χ3n) is 3.40. The molecule has 0 fully saturated rings. The Morgan fingerprint density at radius 1 is 1.38 bits per heavy atom. The number of halogens is 2. The van der Waals surface area contributed by atoms with Gasteiger partial charge in [0.25, 0.3) is 0 Å². The molecular weight excluding hydrogens is 351 g/mol. The van der Waals surface area contributed by atoms with Gasteiger partial charge in [-0.2, -0.15) is 0 Å². The number of ether oxygens (including phenoxy) is 1. The summed E-state index contributed by atoms with van der Waals surface area (Å²) in [5, 5.41) is 4.71. The van der Waals surface area contributed by atoms with E-state index in [0.29, 0.717) is 38.7 Å². The van der Waals surface area contributed by atoms with Crippen molar-refractivity contribution in [1.82, 2.24) is 4.98 Å². The highest BCUT2D eigenvalue weighted by molar-refractivity contribution is 6.38. The highest BCUT2D eigenvalue weighted by Gasteiger charge is 2.18. The van der Waals surface area contributed by atoms with E-state index in [9.17, 15) is 4.79 Å². The summed E-state index contributed by atoms with van der Waals surface area (Å²) in [6.45, 7) is 2.41. The number of rotatable bonds is 5. The Balaban J connectivity index is 2.11. The van der Waals surface area contributed by atoms with E-state index in [2.05, 4.69) is 10.3 Å². The summed E-state index contributed by atoms with van der Waals surface area (Å²) < 4.78 is 10.4. The molecule has 0 unspecified atom stereocenters. The number of nitrogens with zero attached hydrogens (tertiary/aromatic N) is 1. The van der Waals surface area contributed by atoms with Crippen LogP contribution in [0.2, 0.25) is 10.0 Å². The highest BCUT2D eigenvalue weighted by atomic mass is 35.5. The number of anilines is 1. The van der Waals surface area contributed by atoms with E-state index in [1.165, 1.54) is 6.20 Å². The van der Waals surface area contributed by atoms with E-state index >= 15 is 0 Å². The first-order valence-corrected chi connectivity index (χ1v) is 8.07. The van der Waals surface area contributed by atoms with Crippen LogP contribution in [0.1, 0.15) is 23.0 Å². The molecule has 124 valence electrons. The van der Waals surface area contributed by atoms with Gasteiger partial charge in [0.2, 0.25) is 0 Å². The minimum absolute atomic E-state index is 0.269. The van der Waals surface area contributed by atoms with Crippen molar-refractivity contribution in [3.05, 3.63) is 58.1 Å². The zero-order valence-electron chi connectivity index (χ0n) is 12.8. The maximum absolute atomic E-state index is 12.2. The Kier molecular flexibility index (Phi) is 4.92.